The molecule has 0 aliphatic rings. The Kier molecular flexibility index (Phi) is 3.96. The van der Waals surface area contributed by atoms with Gasteiger partial charge in [0.15, 0.2) is 11.5 Å². The number of benzene rings is 1. The third-order valence-corrected chi connectivity index (χ3v) is 3.57. The fourth-order valence-electron chi connectivity index (χ4n) is 2.63. The first kappa shape index (κ1) is 14.4. The number of hydrogen-bond acceptors (Lipinski definition) is 4. The lowest BCUT2D eigenvalue weighted by atomic mass is 10.1. The quantitative estimate of drug-likeness (QED) is 0.755. The third-order valence-electron chi connectivity index (χ3n) is 3.57. The smallest absolute Gasteiger partial charge is 0.157 e. The van der Waals surface area contributed by atoms with E-state index in [0.29, 0.717) is 13.2 Å². The summed E-state index contributed by atoms with van der Waals surface area (Å²) < 4.78 is 5.65. The first-order valence-electron chi connectivity index (χ1n) is 7.46. The van der Waals surface area contributed by atoms with Crippen molar-refractivity contribution in [2.45, 2.75) is 27.3 Å². The van der Waals surface area contributed by atoms with Crippen molar-refractivity contribution in [3.05, 3.63) is 47.2 Å². The number of nitrogens with zero attached hydrogens (tertiary/aromatic N) is 2. The van der Waals surface area contributed by atoms with E-state index in [4.69, 9.17) is 4.74 Å². The second-order valence-corrected chi connectivity index (χ2v) is 5.27. The van der Waals surface area contributed by atoms with Gasteiger partial charge in [-0.3, -0.25) is 5.10 Å². The summed E-state index contributed by atoms with van der Waals surface area (Å²) in [6.07, 6.45) is 0. The molecule has 0 atom stereocenters. The molecule has 0 saturated carbocycles. The average Bonchev–Trinajstić information content (AvgIpc) is 2.90. The van der Waals surface area contributed by atoms with Crippen molar-refractivity contribution >= 4 is 16.9 Å². The van der Waals surface area contributed by atoms with Gasteiger partial charge in [0.05, 0.1) is 12.0 Å². The molecule has 0 saturated heterocycles. The number of nitrogens with one attached hydrogen (secondary N) is 2. The van der Waals surface area contributed by atoms with Crippen LogP contribution in [-0.4, -0.2) is 21.8 Å². The fraction of sp³-hybridized carbons (Fsp3) is 0.294. The molecule has 0 spiro atoms. The Morgan fingerprint density at radius 2 is 2.05 bits per heavy atom. The van der Waals surface area contributed by atoms with E-state index in [1.54, 1.807) is 0 Å². The molecule has 0 bridgehead atoms. The van der Waals surface area contributed by atoms with Crippen molar-refractivity contribution in [1.82, 2.24) is 15.2 Å². The molecule has 5 nitrogen and oxygen atoms in total. The number of aromatic nitrogens is 3. The van der Waals surface area contributed by atoms with Gasteiger partial charge >= 0.3 is 0 Å². The summed E-state index contributed by atoms with van der Waals surface area (Å²) in [6, 6.07) is 10.1. The Hall–Kier alpha value is -2.56. The minimum Gasteiger partial charge on any atom is -0.494 e. The van der Waals surface area contributed by atoms with Crippen LogP contribution in [0.4, 0.5) is 5.82 Å². The second-order valence-electron chi connectivity index (χ2n) is 5.27. The lowest BCUT2D eigenvalue weighted by Crippen LogP contribution is -2.04. The summed E-state index contributed by atoms with van der Waals surface area (Å²) in [4.78, 5) is 4.48. The molecule has 5 heteroatoms. The van der Waals surface area contributed by atoms with Gasteiger partial charge in [0.25, 0.3) is 0 Å². The number of anilines is 1. The number of aryl methyl sites for hydroxylation is 2. The number of para-hydroxylation sites is 1. The van der Waals surface area contributed by atoms with E-state index in [1.807, 2.05) is 32.0 Å². The summed E-state index contributed by atoms with van der Waals surface area (Å²) in [5.74, 6) is 1.73. The highest BCUT2D eigenvalue weighted by molar-refractivity contribution is 5.90. The largest absolute Gasteiger partial charge is 0.494 e. The predicted molar refractivity (Wildman–Crippen MR) is 88.3 cm³/mol. The summed E-state index contributed by atoms with van der Waals surface area (Å²) in [7, 11) is 0. The lowest BCUT2D eigenvalue weighted by molar-refractivity contribution is 0.337. The van der Waals surface area contributed by atoms with Gasteiger partial charge in [-0.25, -0.2) is 4.98 Å². The fourth-order valence-corrected chi connectivity index (χ4v) is 2.63. The number of fused-ring (bicyclic) bond motifs is 1. The van der Waals surface area contributed by atoms with Gasteiger partial charge in [-0.15, -0.1) is 0 Å². The molecule has 0 aliphatic carbocycles. The van der Waals surface area contributed by atoms with Crippen molar-refractivity contribution in [2.24, 2.45) is 0 Å². The van der Waals surface area contributed by atoms with Crippen molar-refractivity contribution in [2.75, 3.05) is 11.9 Å². The topological polar surface area (TPSA) is 62.8 Å². The van der Waals surface area contributed by atoms with Gasteiger partial charge in [0.2, 0.25) is 0 Å². The summed E-state index contributed by atoms with van der Waals surface area (Å²) >= 11 is 0. The van der Waals surface area contributed by atoms with Crippen LogP contribution in [0.2, 0.25) is 0 Å². The van der Waals surface area contributed by atoms with E-state index < -0.39 is 0 Å². The SMILES string of the molecule is CCOc1ccccc1CNc1n[nH]c2nc(C)cc(C)c12. The van der Waals surface area contributed by atoms with Gasteiger partial charge in [0, 0.05) is 17.8 Å². The van der Waals surface area contributed by atoms with Gasteiger partial charge in [-0.2, -0.15) is 5.10 Å². The molecule has 3 rings (SSSR count). The molecule has 22 heavy (non-hydrogen) atoms. The van der Waals surface area contributed by atoms with Crippen LogP contribution in [0, 0.1) is 13.8 Å². The zero-order valence-corrected chi connectivity index (χ0v) is 13.1. The summed E-state index contributed by atoms with van der Waals surface area (Å²) in [5.41, 5.74) is 4.08. The minimum absolute atomic E-state index is 0.656. The molecule has 1 aromatic carbocycles. The van der Waals surface area contributed by atoms with E-state index in [-0.39, 0.29) is 0 Å². The molecule has 0 unspecified atom stereocenters. The predicted octanol–water partition coefficient (Wildman–Crippen LogP) is 3.59. The molecule has 0 radical (unpaired) electrons. The molecular formula is C17H20N4O. The van der Waals surface area contributed by atoms with Crippen LogP contribution in [0.25, 0.3) is 11.0 Å². The van der Waals surface area contributed by atoms with Gasteiger partial charge < -0.3 is 10.1 Å². The number of aromatic amines is 1. The Morgan fingerprint density at radius 3 is 2.86 bits per heavy atom. The zero-order valence-electron chi connectivity index (χ0n) is 13.1. The standard InChI is InChI=1S/C17H20N4O/c1-4-22-14-8-6-5-7-13(14)10-18-16-15-11(2)9-12(3)19-17(15)21-20-16/h5-9H,4,10H2,1-3H3,(H2,18,19,20,21). The third kappa shape index (κ3) is 2.74. The molecule has 2 N–H and O–H groups in total. The van der Waals surface area contributed by atoms with Crippen LogP contribution in [0.5, 0.6) is 5.75 Å². The van der Waals surface area contributed by atoms with E-state index >= 15 is 0 Å². The first-order chi connectivity index (χ1) is 10.7. The van der Waals surface area contributed by atoms with Crippen LogP contribution < -0.4 is 10.1 Å². The summed E-state index contributed by atoms with van der Waals surface area (Å²) in [6.45, 7) is 7.36. The highest BCUT2D eigenvalue weighted by Crippen LogP contribution is 2.25. The Balaban J connectivity index is 1.86. The molecule has 0 aliphatic heterocycles. The minimum atomic E-state index is 0.656. The van der Waals surface area contributed by atoms with Crippen LogP contribution in [-0.2, 0) is 6.54 Å². The number of H-pyrrole nitrogens is 1. The molecule has 2 aromatic heterocycles. The lowest BCUT2D eigenvalue weighted by Gasteiger charge is -2.11. The van der Waals surface area contributed by atoms with Gasteiger partial charge in [0.1, 0.15) is 5.75 Å². The number of hydrogen-bond donors (Lipinski definition) is 2. The van der Waals surface area contributed by atoms with E-state index in [0.717, 1.165) is 39.4 Å². The molecule has 2 heterocycles. The molecular weight excluding hydrogens is 276 g/mol. The van der Waals surface area contributed by atoms with Crippen LogP contribution in [0.1, 0.15) is 23.7 Å². The van der Waals surface area contributed by atoms with Crippen molar-refractivity contribution in [3.63, 3.8) is 0 Å². The zero-order chi connectivity index (χ0) is 15.5. The van der Waals surface area contributed by atoms with Crippen molar-refractivity contribution < 1.29 is 4.74 Å². The molecule has 0 fully saturated rings. The Bertz CT molecular complexity index is 794. The summed E-state index contributed by atoms with van der Waals surface area (Å²) in [5, 5.41) is 11.8. The Morgan fingerprint density at radius 1 is 1.23 bits per heavy atom. The monoisotopic (exact) mass is 296 g/mol. The Labute approximate surface area is 129 Å². The van der Waals surface area contributed by atoms with Crippen LogP contribution in [0.15, 0.2) is 30.3 Å². The normalized spacial score (nSPS) is 10.9. The number of ether oxygens (including phenoxy) is 1. The van der Waals surface area contributed by atoms with Crippen molar-refractivity contribution in [1.29, 1.82) is 0 Å². The molecule has 3 aromatic rings. The number of rotatable bonds is 5. The molecule has 114 valence electrons. The maximum Gasteiger partial charge on any atom is 0.157 e. The molecule has 0 amide bonds. The van der Waals surface area contributed by atoms with E-state index in [2.05, 4.69) is 39.6 Å². The highest BCUT2D eigenvalue weighted by Gasteiger charge is 2.11. The highest BCUT2D eigenvalue weighted by atomic mass is 16.5. The average molecular weight is 296 g/mol. The van der Waals surface area contributed by atoms with Gasteiger partial charge in [-0.05, 0) is 38.5 Å². The van der Waals surface area contributed by atoms with Crippen LogP contribution >= 0.6 is 0 Å². The maximum atomic E-state index is 5.65. The van der Waals surface area contributed by atoms with Crippen LogP contribution in [0.3, 0.4) is 0 Å². The van der Waals surface area contributed by atoms with Gasteiger partial charge in [-0.1, -0.05) is 18.2 Å². The first-order valence-corrected chi connectivity index (χ1v) is 7.46. The van der Waals surface area contributed by atoms with Crippen molar-refractivity contribution in [3.8, 4) is 5.75 Å². The number of pyridine rings is 1. The maximum absolute atomic E-state index is 5.65. The second kappa shape index (κ2) is 6.05. The van der Waals surface area contributed by atoms with E-state index in [9.17, 15) is 0 Å². The van der Waals surface area contributed by atoms with E-state index in [1.165, 1.54) is 0 Å².